The van der Waals surface area contributed by atoms with Crippen molar-refractivity contribution in [2.75, 3.05) is 0 Å². The van der Waals surface area contributed by atoms with Crippen LogP contribution in [0.25, 0.3) is 0 Å². The summed E-state index contributed by atoms with van der Waals surface area (Å²) in [6.45, 7) is 5.77. The number of hydrogen-bond donors (Lipinski definition) is 0. The third-order valence-electron chi connectivity index (χ3n) is 2.44. The summed E-state index contributed by atoms with van der Waals surface area (Å²) in [5.74, 6) is 0.766. The van der Waals surface area contributed by atoms with Crippen molar-refractivity contribution in [3.8, 4) is 5.75 Å². The molecule has 0 fully saturated rings. The molecule has 0 bridgehead atoms. The largest absolute Gasteiger partial charge is 0.487 e. The van der Waals surface area contributed by atoms with Crippen molar-refractivity contribution in [1.29, 1.82) is 0 Å². The molecule has 0 aliphatic heterocycles. The molecule has 2 rings (SSSR count). The van der Waals surface area contributed by atoms with E-state index in [2.05, 4.69) is 27.6 Å². The van der Waals surface area contributed by atoms with Crippen LogP contribution in [0.3, 0.4) is 0 Å². The molecule has 1 aromatic carbocycles. The van der Waals surface area contributed by atoms with Crippen LogP contribution in [0.4, 0.5) is 4.79 Å². The number of aromatic nitrogens is 2. The van der Waals surface area contributed by atoms with E-state index in [0.29, 0.717) is 12.3 Å². The van der Waals surface area contributed by atoms with Crippen molar-refractivity contribution in [3.63, 3.8) is 0 Å². The van der Waals surface area contributed by atoms with Crippen molar-refractivity contribution < 1.29 is 14.3 Å². The van der Waals surface area contributed by atoms with Crippen molar-refractivity contribution >= 4 is 28.7 Å². The van der Waals surface area contributed by atoms with Crippen LogP contribution in [0.1, 0.15) is 26.5 Å². The highest BCUT2D eigenvalue weighted by Crippen LogP contribution is 2.15. The Kier molecular flexibility index (Phi) is 4.87. The lowest BCUT2D eigenvalue weighted by atomic mass is 10.2. The third-order valence-corrected chi connectivity index (χ3v) is 3.16. The second-order valence-corrected chi connectivity index (χ2v) is 6.74. The molecule has 0 spiro atoms. The van der Waals surface area contributed by atoms with Crippen molar-refractivity contribution in [2.24, 2.45) is 0 Å². The van der Waals surface area contributed by atoms with Crippen LogP contribution in [-0.2, 0) is 11.3 Å². The van der Waals surface area contributed by atoms with E-state index in [1.54, 1.807) is 6.20 Å². The lowest BCUT2D eigenvalue weighted by Crippen LogP contribution is -2.26. The molecule has 0 radical (unpaired) electrons. The van der Waals surface area contributed by atoms with Gasteiger partial charge in [0.25, 0.3) is 0 Å². The highest BCUT2D eigenvalue weighted by Gasteiger charge is 2.18. The molecule has 21 heavy (non-hydrogen) atoms. The zero-order valence-corrected chi connectivity index (χ0v) is 14.3. The summed E-state index contributed by atoms with van der Waals surface area (Å²) in [7, 11) is 0. The second kappa shape index (κ2) is 6.46. The van der Waals surface area contributed by atoms with Gasteiger partial charge in [0.2, 0.25) is 0 Å². The van der Waals surface area contributed by atoms with Crippen molar-refractivity contribution in [3.05, 3.63) is 46.1 Å². The zero-order valence-electron chi connectivity index (χ0n) is 12.2. The average Bonchev–Trinajstić information content (AvgIpc) is 2.85. The zero-order chi connectivity index (χ0) is 15.5. The molecular formula is C15H17IN2O3. The standard InChI is InChI=1S/C15H17IN2O3/c1-15(2,3)21-14(19)18-8-12(17-10-18)9-20-13-6-4-11(16)5-7-13/h4-8,10H,9H2,1-3H3. The Morgan fingerprint density at radius 3 is 2.57 bits per heavy atom. The minimum Gasteiger partial charge on any atom is -0.487 e. The van der Waals surface area contributed by atoms with Gasteiger partial charge in [-0.1, -0.05) is 0 Å². The summed E-state index contributed by atoms with van der Waals surface area (Å²) < 4.78 is 13.3. The summed E-state index contributed by atoms with van der Waals surface area (Å²) in [6, 6.07) is 7.73. The molecule has 1 heterocycles. The van der Waals surface area contributed by atoms with Crippen LogP contribution in [0.2, 0.25) is 0 Å². The van der Waals surface area contributed by atoms with E-state index in [1.165, 1.54) is 10.9 Å². The molecule has 0 N–H and O–H groups in total. The number of ether oxygens (including phenoxy) is 2. The second-order valence-electron chi connectivity index (χ2n) is 5.50. The van der Waals surface area contributed by atoms with Crippen LogP contribution in [0.5, 0.6) is 5.75 Å². The molecule has 0 amide bonds. The number of benzene rings is 1. The van der Waals surface area contributed by atoms with Gasteiger partial charge in [-0.05, 0) is 67.6 Å². The van der Waals surface area contributed by atoms with Crippen LogP contribution in [0, 0.1) is 3.57 Å². The maximum absolute atomic E-state index is 11.8. The van der Waals surface area contributed by atoms with E-state index in [0.717, 1.165) is 9.32 Å². The lowest BCUT2D eigenvalue weighted by Gasteiger charge is -2.19. The average molecular weight is 400 g/mol. The Morgan fingerprint density at radius 2 is 1.95 bits per heavy atom. The first-order valence-electron chi connectivity index (χ1n) is 6.48. The molecule has 0 saturated carbocycles. The van der Waals surface area contributed by atoms with Crippen molar-refractivity contribution in [2.45, 2.75) is 33.0 Å². The predicted octanol–water partition coefficient (Wildman–Crippen LogP) is 3.85. The van der Waals surface area contributed by atoms with E-state index in [1.807, 2.05) is 45.0 Å². The minimum atomic E-state index is -0.529. The minimum absolute atomic E-state index is 0.302. The van der Waals surface area contributed by atoms with E-state index in [4.69, 9.17) is 9.47 Å². The first-order valence-corrected chi connectivity index (χ1v) is 7.56. The number of hydrogen-bond acceptors (Lipinski definition) is 4. The molecule has 112 valence electrons. The van der Waals surface area contributed by atoms with Gasteiger partial charge in [0.15, 0.2) is 0 Å². The molecule has 0 unspecified atom stereocenters. The maximum atomic E-state index is 11.8. The van der Waals surface area contributed by atoms with Crippen LogP contribution >= 0.6 is 22.6 Å². The topological polar surface area (TPSA) is 53.4 Å². The number of halogens is 1. The fourth-order valence-electron chi connectivity index (χ4n) is 1.54. The Hall–Kier alpha value is -1.57. The summed E-state index contributed by atoms with van der Waals surface area (Å²) >= 11 is 2.23. The van der Waals surface area contributed by atoms with E-state index >= 15 is 0 Å². The molecule has 2 aromatic rings. The number of imidazole rings is 1. The molecule has 0 aliphatic rings. The Balaban J connectivity index is 1.94. The van der Waals surface area contributed by atoms with Crippen molar-refractivity contribution in [1.82, 2.24) is 9.55 Å². The van der Waals surface area contributed by atoms with Gasteiger partial charge in [-0.25, -0.2) is 14.3 Å². The van der Waals surface area contributed by atoms with Crippen LogP contribution in [0.15, 0.2) is 36.8 Å². The Bertz CT molecular complexity index is 615. The summed E-state index contributed by atoms with van der Waals surface area (Å²) in [6.07, 6.45) is 2.59. The van der Waals surface area contributed by atoms with Gasteiger partial charge in [-0.2, -0.15) is 0 Å². The van der Waals surface area contributed by atoms with E-state index in [9.17, 15) is 4.79 Å². The SMILES string of the molecule is CC(C)(C)OC(=O)n1cnc(COc2ccc(I)cc2)c1. The normalized spacial score (nSPS) is 11.2. The smallest absolute Gasteiger partial charge is 0.419 e. The monoisotopic (exact) mass is 400 g/mol. The quantitative estimate of drug-likeness (QED) is 0.735. The van der Waals surface area contributed by atoms with Crippen LogP contribution in [-0.4, -0.2) is 21.2 Å². The van der Waals surface area contributed by atoms with E-state index < -0.39 is 11.7 Å². The third kappa shape index (κ3) is 5.04. The fourth-order valence-corrected chi connectivity index (χ4v) is 1.90. The number of carbonyl (C=O) groups is 1. The predicted molar refractivity (Wildman–Crippen MR) is 87.4 cm³/mol. The number of rotatable bonds is 3. The first kappa shape index (κ1) is 15.8. The highest BCUT2D eigenvalue weighted by molar-refractivity contribution is 14.1. The van der Waals surface area contributed by atoms with Crippen LogP contribution < -0.4 is 4.74 Å². The van der Waals surface area contributed by atoms with Gasteiger partial charge in [0, 0.05) is 9.77 Å². The Morgan fingerprint density at radius 1 is 1.29 bits per heavy atom. The molecule has 5 nitrogen and oxygen atoms in total. The van der Waals surface area contributed by atoms with Gasteiger partial charge >= 0.3 is 6.09 Å². The molecule has 6 heteroatoms. The molecule has 0 aliphatic carbocycles. The van der Waals surface area contributed by atoms with Gasteiger partial charge in [-0.15, -0.1) is 0 Å². The maximum Gasteiger partial charge on any atom is 0.419 e. The van der Waals surface area contributed by atoms with Gasteiger partial charge in [0.05, 0.1) is 5.69 Å². The fraction of sp³-hybridized carbons (Fsp3) is 0.333. The number of carbonyl (C=O) groups excluding carboxylic acids is 1. The summed E-state index contributed by atoms with van der Waals surface area (Å²) in [5, 5.41) is 0. The lowest BCUT2D eigenvalue weighted by molar-refractivity contribution is 0.0536. The summed E-state index contributed by atoms with van der Waals surface area (Å²) in [5.41, 5.74) is 0.138. The molecule has 0 saturated heterocycles. The summed E-state index contributed by atoms with van der Waals surface area (Å²) in [4.78, 5) is 16.0. The number of nitrogens with zero attached hydrogens (tertiary/aromatic N) is 2. The molecular weight excluding hydrogens is 383 g/mol. The molecule has 1 aromatic heterocycles. The highest BCUT2D eigenvalue weighted by atomic mass is 127. The van der Waals surface area contributed by atoms with Gasteiger partial charge in [0.1, 0.15) is 24.3 Å². The first-order chi connectivity index (χ1) is 9.83. The van der Waals surface area contributed by atoms with E-state index in [-0.39, 0.29) is 0 Å². The van der Waals surface area contributed by atoms with Gasteiger partial charge < -0.3 is 9.47 Å². The van der Waals surface area contributed by atoms with Gasteiger partial charge in [-0.3, -0.25) is 0 Å². The molecule has 0 atom stereocenters. The Labute approximate surface area is 137 Å².